The lowest BCUT2D eigenvalue weighted by Crippen LogP contribution is -2.52. The number of hydrogen-bond acceptors (Lipinski definition) is 5. The Morgan fingerprint density at radius 1 is 1.11 bits per heavy atom. The third kappa shape index (κ3) is 5.28. The molecule has 0 aliphatic carbocycles. The van der Waals surface area contributed by atoms with Crippen LogP contribution < -0.4 is 0 Å². The van der Waals surface area contributed by atoms with E-state index in [1.807, 2.05) is 6.92 Å². The molecule has 0 aliphatic heterocycles. The SMILES string of the molecule is CCCCC(B(O)O)B(O)OC(C)(C)C(C)(C)O. The van der Waals surface area contributed by atoms with Crippen LogP contribution >= 0.6 is 0 Å². The second-order valence-electron chi connectivity index (χ2n) is 5.80. The molecule has 1 atom stereocenters. The summed E-state index contributed by atoms with van der Waals surface area (Å²) < 4.78 is 5.41. The summed E-state index contributed by atoms with van der Waals surface area (Å²) >= 11 is 0. The van der Waals surface area contributed by atoms with Crippen molar-refractivity contribution < 1.29 is 24.8 Å². The van der Waals surface area contributed by atoms with Crippen LogP contribution in [0, 0.1) is 0 Å². The molecule has 7 heteroatoms. The van der Waals surface area contributed by atoms with Gasteiger partial charge in [0.1, 0.15) is 0 Å². The van der Waals surface area contributed by atoms with Crippen molar-refractivity contribution in [3.63, 3.8) is 0 Å². The average molecular weight is 260 g/mol. The third-order valence-corrected chi connectivity index (χ3v) is 3.53. The van der Waals surface area contributed by atoms with Gasteiger partial charge in [0.15, 0.2) is 0 Å². The van der Waals surface area contributed by atoms with Gasteiger partial charge in [-0.25, -0.2) is 0 Å². The van der Waals surface area contributed by atoms with Crippen molar-refractivity contribution in [2.45, 2.75) is 70.8 Å². The van der Waals surface area contributed by atoms with Gasteiger partial charge < -0.3 is 24.8 Å². The maximum atomic E-state index is 9.95. The van der Waals surface area contributed by atoms with E-state index in [0.29, 0.717) is 6.42 Å². The molecule has 18 heavy (non-hydrogen) atoms. The Kier molecular flexibility index (Phi) is 6.89. The normalized spacial score (nSPS) is 14.5. The van der Waals surface area contributed by atoms with Crippen LogP contribution in [0.1, 0.15) is 53.9 Å². The highest BCUT2D eigenvalue weighted by Gasteiger charge is 2.44. The van der Waals surface area contributed by atoms with Gasteiger partial charge in [0.2, 0.25) is 0 Å². The molecule has 0 amide bonds. The molecule has 0 aromatic carbocycles. The van der Waals surface area contributed by atoms with E-state index in [4.69, 9.17) is 4.65 Å². The van der Waals surface area contributed by atoms with Crippen LogP contribution in [-0.2, 0) is 4.65 Å². The molecule has 5 nitrogen and oxygen atoms in total. The summed E-state index contributed by atoms with van der Waals surface area (Å²) in [6.45, 7) is 8.44. The topological polar surface area (TPSA) is 90.2 Å². The summed E-state index contributed by atoms with van der Waals surface area (Å²) in [6, 6.07) is 0. The molecule has 1 unspecified atom stereocenters. The molecule has 0 spiro atoms. The number of rotatable bonds is 8. The zero-order chi connectivity index (χ0) is 14.6. The fraction of sp³-hybridized carbons (Fsp3) is 1.00. The van der Waals surface area contributed by atoms with Crippen molar-refractivity contribution in [2.24, 2.45) is 0 Å². The smallest absolute Gasteiger partial charge is 0.427 e. The van der Waals surface area contributed by atoms with Crippen molar-refractivity contribution in [2.75, 3.05) is 0 Å². The fourth-order valence-corrected chi connectivity index (χ4v) is 1.41. The summed E-state index contributed by atoms with van der Waals surface area (Å²) in [6.07, 6.45) is 2.12. The van der Waals surface area contributed by atoms with E-state index in [2.05, 4.69) is 0 Å². The summed E-state index contributed by atoms with van der Waals surface area (Å²) in [5.41, 5.74) is -2.92. The van der Waals surface area contributed by atoms with Gasteiger partial charge in [-0.1, -0.05) is 26.2 Å². The third-order valence-electron chi connectivity index (χ3n) is 3.53. The number of hydrogen-bond donors (Lipinski definition) is 4. The first-order valence-electron chi connectivity index (χ1n) is 6.47. The Morgan fingerprint density at radius 2 is 1.61 bits per heavy atom. The molecular weight excluding hydrogens is 234 g/mol. The zero-order valence-electron chi connectivity index (χ0n) is 12.1. The van der Waals surface area contributed by atoms with Crippen molar-refractivity contribution in [1.82, 2.24) is 0 Å². The van der Waals surface area contributed by atoms with Gasteiger partial charge in [0.05, 0.1) is 11.2 Å². The Labute approximate surface area is 110 Å². The van der Waals surface area contributed by atoms with E-state index in [1.54, 1.807) is 27.7 Å². The Bertz CT molecular complexity index is 240. The maximum Gasteiger partial charge on any atom is 0.455 e. The van der Waals surface area contributed by atoms with Gasteiger partial charge in [-0.15, -0.1) is 0 Å². The molecule has 106 valence electrons. The lowest BCUT2D eigenvalue weighted by Gasteiger charge is -2.39. The maximum absolute atomic E-state index is 9.95. The minimum Gasteiger partial charge on any atom is -0.427 e. The summed E-state index contributed by atoms with van der Waals surface area (Å²) in [5, 5.41) is 38.4. The largest absolute Gasteiger partial charge is 0.455 e. The second-order valence-corrected chi connectivity index (χ2v) is 5.80. The molecule has 0 rings (SSSR count). The molecule has 0 radical (unpaired) electrons. The van der Waals surface area contributed by atoms with Crippen LogP contribution in [0.4, 0.5) is 0 Å². The quantitative estimate of drug-likeness (QED) is 0.480. The van der Waals surface area contributed by atoms with E-state index < -0.39 is 31.2 Å². The average Bonchev–Trinajstić information content (AvgIpc) is 2.14. The molecule has 0 bridgehead atoms. The van der Waals surface area contributed by atoms with Gasteiger partial charge in [0, 0.05) is 5.72 Å². The van der Waals surface area contributed by atoms with Gasteiger partial charge >= 0.3 is 14.2 Å². The minimum absolute atomic E-state index is 0.456. The van der Waals surface area contributed by atoms with Crippen molar-refractivity contribution >= 4 is 14.2 Å². The van der Waals surface area contributed by atoms with Crippen LogP contribution in [0.3, 0.4) is 0 Å². The lowest BCUT2D eigenvalue weighted by atomic mass is 9.50. The first-order valence-corrected chi connectivity index (χ1v) is 6.47. The Morgan fingerprint density at radius 3 is 1.94 bits per heavy atom. The molecular formula is C11H26B2O5. The van der Waals surface area contributed by atoms with Gasteiger partial charge in [-0.2, -0.15) is 0 Å². The van der Waals surface area contributed by atoms with Gasteiger partial charge in [-0.05, 0) is 27.7 Å². The monoisotopic (exact) mass is 260 g/mol. The Hall–Kier alpha value is -0.0701. The highest BCUT2D eigenvalue weighted by atomic mass is 16.6. The molecule has 4 N–H and O–H groups in total. The molecule has 0 saturated heterocycles. The minimum atomic E-state index is -1.64. The lowest BCUT2D eigenvalue weighted by molar-refractivity contribution is -0.101. The van der Waals surface area contributed by atoms with E-state index >= 15 is 0 Å². The Balaban J connectivity index is 4.64. The van der Waals surface area contributed by atoms with Crippen LogP contribution in [0.25, 0.3) is 0 Å². The highest BCUT2D eigenvalue weighted by molar-refractivity contribution is 6.65. The highest BCUT2D eigenvalue weighted by Crippen LogP contribution is 2.29. The molecule has 0 aromatic heterocycles. The predicted octanol–water partition coefficient (Wildman–Crippen LogP) is 0.605. The number of unbranched alkanes of at least 4 members (excludes halogenated alkanes) is 1. The first-order chi connectivity index (χ1) is 8.03. The molecule has 0 heterocycles. The van der Waals surface area contributed by atoms with Gasteiger partial charge in [-0.3, -0.25) is 0 Å². The predicted molar refractivity (Wildman–Crippen MR) is 72.9 cm³/mol. The van der Waals surface area contributed by atoms with E-state index in [0.717, 1.165) is 12.8 Å². The van der Waals surface area contributed by atoms with E-state index in [-0.39, 0.29) is 0 Å². The van der Waals surface area contributed by atoms with Crippen LogP contribution in [0.2, 0.25) is 5.72 Å². The standard InChI is InChI=1S/C11H26B2O5/c1-6-7-8-9(12(15)16)13(17)18-11(4,5)10(2,3)14/h9,14-17H,6-8H2,1-5H3. The molecule has 0 aliphatic rings. The van der Waals surface area contributed by atoms with Crippen LogP contribution in [0.5, 0.6) is 0 Å². The van der Waals surface area contributed by atoms with Crippen molar-refractivity contribution in [3.8, 4) is 0 Å². The van der Waals surface area contributed by atoms with Crippen LogP contribution in [0.15, 0.2) is 0 Å². The van der Waals surface area contributed by atoms with Crippen molar-refractivity contribution in [1.29, 1.82) is 0 Å². The molecule has 0 aromatic rings. The molecule has 0 saturated carbocycles. The summed E-state index contributed by atoms with van der Waals surface area (Å²) in [7, 11) is -2.96. The van der Waals surface area contributed by atoms with Crippen LogP contribution in [-0.4, -0.2) is 45.6 Å². The fourth-order valence-electron chi connectivity index (χ4n) is 1.41. The van der Waals surface area contributed by atoms with E-state index in [9.17, 15) is 20.2 Å². The summed E-state index contributed by atoms with van der Waals surface area (Å²) in [4.78, 5) is 0. The zero-order valence-corrected chi connectivity index (χ0v) is 12.1. The molecule has 0 fully saturated rings. The second kappa shape index (κ2) is 6.91. The van der Waals surface area contributed by atoms with Crippen molar-refractivity contribution in [3.05, 3.63) is 0 Å². The number of aliphatic hydroxyl groups is 1. The first kappa shape index (κ1) is 17.9. The summed E-state index contributed by atoms with van der Waals surface area (Å²) in [5.74, 6) is 0. The van der Waals surface area contributed by atoms with E-state index in [1.165, 1.54) is 0 Å². The van der Waals surface area contributed by atoms with Gasteiger partial charge in [0.25, 0.3) is 0 Å².